The van der Waals surface area contributed by atoms with E-state index in [9.17, 15) is 9.59 Å². The normalized spacial score (nSPS) is 14.1. The molecule has 1 aliphatic rings. The molecule has 8 heteroatoms. The molecule has 1 fully saturated rings. The van der Waals surface area contributed by atoms with Crippen molar-refractivity contribution in [2.24, 2.45) is 0 Å². The number of piperazine rings is 1. The molecule has 0 radical (unpaired) electrons. The maximum absolute atomic E-state index is 13.0. The van der Waals surface area contributed by atoms with Crippen molar-refractivity contribution in [2.75, 3.05) is 36.4 Å². The summed E-state index contributed by atoms with van der Waals surface area (Å²) in [6, 6.07) is 10.7. The highest BCUT2D eigenvalue weighted by atomic mass is 79.9. The number of aromatic nitrogens is 1. The van der Waals surface area contributed by atoms with Crippen molar-refractivity contribution in [3.63, 3.8) is 0 Å². The fourth-order valence-electron chi connectivity index (χ4n) is 3.06. The minimum Gasteiger partial charge on any atom is -0.353 e. The van der Waals surface area contributed by atoms with E-state index in [1.807, 2.05) is 30.9 Å². The molecule has 0 saturated carbocycles. The molecule has 0 bridgehead atoms. The second-order valence-corrected chi connectivity index (χ2v) is 7.83. The molecule has 3 rings (SSSR count). The summed E-state index contributed by atoms with van der Waals surface area (Å²) in [5, 5.41) is 5.55. The molecule has 1 aromatic heterocycles. The molecule has 1 aromatic carbocycles. The van der Waals surface area contributed by atoms with Gasteiger partial charge < -0.3 is 20.4 Å². The Morgan fingerprint density at radius 2 is 1.79 bits per heavy atom. The standard InChI is InChI=1S/C20H24BrN5O2/c1-14(2)23-20(28)24-17-6-4-3-5-16(17)19(27)26-11-9-25(10-12-26)18-8-7-15(21)13-22-18/h3-8,13-14H,9-12H2,1-2H3,(H2,23,24,28). The van der Waals surface area contributed by atoms with Gasteiger partial charge in [-0.25, -0.2) is 9.78 Å². The largest absolute Gasteiger partial charge is 0.353 e. The molecule has 1 saturated heterocycles. The van der Waals surface area contributed by atoms with Crippen LogP contribution in [-0.4, -0.2) is 54.0 Å². The lowest BCUT2D eigenvalue weighted by Gasteiger charge is -2.35. The van der Waals surface area contributed by atoms with Crippen LogP contribution in [0, 0.1) is 0 Å². The van der Waals surface area contributed by atoms with E-state index in [0.29, 0.717) is 37.4 Å². The monoisotopic (exact) mass is 445 g/mol. The van der Waals surface area contributed by atoms with Crippen LogP contribution in [0.5, 0.6) is 0 Å². The summed E-state index contributed by atoms with van der Waals surface area (Å²) >= 11 is 3.39. The number of halogens is 1. The van der Waals surface area contributed by atoms with Crippen molar-refractivity contribution >= 4 is 39.4 Å². The number of nitrogens with zero attached hydrogens (tertiary/aromatic N) is 3. The first-order chi connectivity index (χ1) is 13.4. The zero-order valence-electron chi connectivity index (χ0n) is 16.0. The third-order valence-corrected chi connectivity index (χ3v) is 4.90. The van der Waals surface area contributed by atoms with Gasteiger partial charge in [0, 0.05) is 42.9 Å². The Morgan fingerprint density at radius 1 is 1.07 bits per heavy atom. The highest BCUT2D eigenvalue weighted by Crippen LogP contribution is 2.20. The van der Waals surface area contributed by atoms with Crippen LogP contribution in [-0.2, 0) is 0 Å². The van der Waals surface area contributed by atoms with Crippen molar-refractivity contribution in [3.05, 3.63) is 52.6 Å². The minimum atomic E-state index is -0.318. The number of pyridine rings is 1. The molecule has 0 spiro atoms. The van der Waals surface area contributed by atoms with Crippen LogP contribution in [0.3, 0.4) is 0 Å². The van der Waals surface area contributed by atoms with E-state index in [1.54, 1.807) is 30.5 Å². The van der Waals surface area contributed by atoms with Crippen LogP contribution in [0.4, 0.5) is 16.3 Å². The van der Waals surface area contributed by atoms with Gasteiger partial charge in [0.2, 0.25) is 0 Å². The molecule has 1 aliphatic heterocycles. The minimum absolute atomic E-state index is 0.0168. The van der Waals surface area contributed by atoms with Gasteiger partial charge in [-0.05, 0) is 54.0 Å². The van der Waals surface area contributed by atoms with Gasteiger partial charge in [-0.1, -0.05) is 12.1 Å². The number of para-hydroxylation sites is 1. The van der Waals surface area contributed by atoms with Crippen LogP contribution in [0.25, 0.3) is 0 Å². The van der Waals surface area contributed by atoms with Gasteiger partial charge in [-0.3, -0.25) is 4.79 Å². The van der Waals surface area contributed by atoms with Gasteiger partial charge in [0.1, 0.15) is 5.82 Å². The smallest absolute Gasteiger partial charge is 0.319 e. The lowest BCUT2D eigenvalue weighted by molar-refractivity contribution is 0.0747. The zero-order chi connectivity index (χ0) is 20.1. The van der Waals surface area contributed by atoms with E-state index in [2.05, 4.69) is 36.4 Å². The molecule has 2 aromatic rings. The number of anilines is 2. The van der Waals surface area contributed by atoms with Crippen LogP contribution in [0.2, 0.25) is 0 Å². The van der Waals surface area contributed by atoms with Crippen molar-refractivity contribution < 1.29 is 9.59 Å². The highest BCUT2D eigenvalue weighted by molar-refractivity contribution is 9.10. The number of hydrogen-bond acceptors (Lipinski definition) is 4. The molecule has 0 aliphatic carbocycles. The molecule has 0 atom stereocenters. The van der Waals surface area contributed by atoms with E-state index < -0.39 is 0 Å². The van der Waals surface area contributed by atoms with Gasteiger partial charge in [0.25, 0.3) is 5.91 Å². The molecular formula is C20H24BrN5O2. The number of urea groups is 1. The summed E-state index contributed by atoms with van der Waals surface area (Å²) in [4.78, 5) is 33.5. The molecule has 2 N–H and O–H groups in total. The summed E-state index contributed by atoms with van der Waals surface area (Å²) < 4.78 is 0.940. The molecule has 28 heavy (non-hydrogen) atoms. The number of carbonyl (C=O) groups is 2. The maximum Gasteiger partial charge on any atom is 0.319 e. The Bertz CT molecular complexity index is 833. The fraction of sp³-hybridized carbons (Fsp3) is 0.350. The topological polar surface area (TPSA) is 77.6 Å². The van der Waals surface area contributed by atoms with Gasteiger partial charge in [0.15, 0.2) is 0 Å². The summed E-state index contributed by atoms with van der Waals surface area (Å²) in [7, 11) is 0. The summed E-state index contributed by atoms with van der Waals surface area (Å²) in [5.74, 6) is 0.826. The van der Waals surface area contributed by atoms with E-state index in [-0.39, 0.29) is 18.0 Å². The van der Waals surface area contributed by atoms with Gasteiger partial charge >= 0.3 is 6.03 Å². The van der Waals surface area contributed by atoms with Gasteiger partial charge in [-0.2, -0.15) is 0 Å². The number of rotatable bonds is 4. The average molecular weight is 446 g/mol. The molecule has 3 amide bonds. The summed E-state index contributed by atoms with van der Waals surface area (Å²) in [6.45, 7) is 6.40. The maximum atomic E-state index is 13.0. The molecule has 0 unspecified atom stereocenters. The number of carbonyl (C=O) groups excluding carboxylic acids is 2. The first kappa shape index (κ1) is 20.1. The van der Waals surface area contributed by atoms with E-state index in [0.717, 1.165) is 10.3 Å². The Kier molecular flexibility index (Phi) is 6.51. The SMILES string of the molecule is CC(C)NC(=O)Nc1ccccc1C(=O)N1CCN(c2ccc(Br)cn2)CC1. The van der Waals surface area contributed by atoms with E-state index in [1.165, 1.54) is 0 Å². The number of hydrogen-bond donors (Lipinski definition) is 2. The Morgan fingerprint density at radius 3 is 2.43 bits per heavy atom. The predicted molar refractivity (Wildman–Crippen MR) is 114 cm³/mol. The summed E-state index contributed by atoms with van der Waals surface area (Å²) in [5.41, 5.74) is 1.01. The zero-order valence-corrected chi connectivity index (χ0v) is 17.6. The molecule has 7 nitrogen and oxygen atoms in total. The van der Waals surface area contributed by atoms with Crippen LogP contribution >= 0.6 is 15.9 Å². The third kappa shape index (κ3) is 5.01. The highest BCUT2D eigenvalue weighted by Gasteiger charge is 2.24. The third-order valence-electron chi connectivity index (χ3n) is 4.43. The first-order valence-electron chi connectivity index (χ1n) is 9.26. The quantitative estimate of drug-likeness (QED) is 0.756. The van der Waals surface area contributed by atoms with Crippen molar-refractivity contribution in [2.45, 2.75) is 19.9 Å². The van der Waals surface area contributed by atoms with E-state index >= 15 is 0 Å². The Hall–Kier alpha value is -2.61. The second kappa shape index (κ2) is 9.05. The summed E-state index contributed by atoms with van der Waals surface area (Å²) in [6.07, 6.45) is 1.77. The molecule has 148 valence electrons. The molecule has 2 heterocycles. The number of benzene rings is 1. The lowest BCUT2D eigenvalue weighted by atomic mass is 10.1. The van der Waals surface area contributed by atoms with E-state index in [4.69, 9.17) is 0 Å². The predicted octanol–water partition coefficient (Wildman–Crippen LogP) is 3.34. The van der Waals surface area contributed by atoms with Crippen LogP contribution in [0.1, 0.15) is 24.2 Å². The average Bonchev–Trinajstić information content (AvgIpc) is 2.68. The number of amides is 3. The lowest BCUT2D eigenvalue weighted by Crippen LogP contribution is -2.49. The number of nitrogens with one attached hydrogen (secondary N) is 2. The Labute approximate surface area is 173 Å². The van der Waals surface area contributed by atoms with Crippen molar-refractivity contribution in [1.82, 2.24) is 15.2 Å². The molecular weight excluding hydrogens is 422 g/mol. The van der Waals surface area contributed by atoms with Crippen molar-refractivity contribution in [3.8, 4) is 0 Å². The van der Waals surface area contributed by atoms with Crippen LogP contribution < -0.4 is 15.5 Å². The second-order valence-electron chi connectivity index (χ2n) is 6.91. The first-order valence-corrected chi connectivity index (χ1v) is 10.1. The van der Waals surface area contributed by atoms with Crippen molar-refractivity contribution in [1.29, 1.82) is 0 Å². The van der Waals surface area contributed by atoms with Gasteiger partial charge in [0.05, 0.1) is 11.3 Å². The fourth-order valence-corrected chi connectivity index (χ4v) is 3.30. The van der Waals surface area contributed by atoms with Gasteiger partial charge in [-0.15, -0.1) is 0 Å². The Balaban J connectivity index is 1.65. The van der Waals surface area contributed by atoms with Crippen LogP contribution in [0.15, 0.2) is 47.1 Å².